The van der Waals surface area contributed by atoms with Gasteiger partial charge in [0.15, 0.2) is 0 Å². The van der Waals surface area contributed by atoms with Crippen molar-refractivity contribution in [3.8, 4) is 0 Å². The van der Waals surface area contributed by atoms with Crippen LogP contribution in [0.25, 0.3) is 10.2 Å². The molecule has 0 atom stereocenters. The van der Waals surface area contributed by atoms with E-state index in [2.05, 4.69) is 20.2 Å². The van der Waals surface area contributed by atoms with Gasteiger partial charge in [-0.2, -0.15) is 0 Å². The van der Waals surface area contributed by atoms with Crippen LogP contribution in [0.1, 0.15) is 5.82 Å². The number of fused-ring (bicyclic) bond motifs is 1. The van der Waals surface area contributed by atoms with Crippen LogP contribution in [0.5, 0.6) is 0 Å². The third-order valence-electron chi connectivity index (χ3n) is 2.07. The van der Waals surface area contributed by atoms with Crippen molar-refractivity contribution in [3.05, 3.63) is 17.3 Å². The summed E-state index contributed by atoms with van der Waals surface area (Å²) in [6.45, 7) is 0.766. The van der Waals surface area contributed by atoms with Crippen molar-refractivity contribution in [2.45, 2.75) is 6.54 Å². The number of hydrogen-bond donors (Lipinski definition) is 1. The maximum Gasteiger partial charge on any atom is 0.146 e. The Bertz CT molecular complexity index is 463. The van der Waals surface area contributed by atoms with Crippen LogP contribution in [0.2, 0.25) is 0 Å². The van der Waals surface area contributed by atoms with E-state index in [0.29, 0.717) is 0 Å². The quantitative estimate of drug-likeness (QED) is 0.859. The minimum Gasteiger partial charge on any atom is -0.372 e. The van der Waals surface area contributed by atoms with Gasteiger partial charge < -0.3 is 10.2 Å². The summed E-state index contributed by atoms with van der Waals surface area (Å²) in [5.41, 5.74) is 0. The third kappa shape index (κ3) is 2.08. The molecule has 1 N–H and O–H groups in total. The van der Waals surface area contributed by atoms with E-state index in [1.54, 1.807) is 11.3 Å². The molecule has 2 heterocycles. The number of hydrogen-bond acceptors (Lipinski definition) is 5. The number of aromatic nitrogens is 2. The van der Waals surface area contributed by atoms with E-state index in [9.17, 15) is 0 Å². The summed E-state index contributed by atoms with van der Waals surface area (Å²) in [6.07, 6.45) is 0. The van der Waals surface area contributed by atoms with Crippen LogP contribution in [0.3, 0.4) is 0 Å². The first-order valence-corrected chi connectivity index (χ1v) is 5.65. The molecular weight excluding hydrogens is 208 g/mol. The highest BCUT2D eigenvalue weighted by Crippen LogP contribution is 2.24. The van der Waals surface area contributed by atoms with Gasteiger partial charge in [0.25, 0.3) is 0 Å². The van der Waals surface area contributed by atoms with Crippen molar-refractivity contribution < 1.29 is 0 Å². The third-order valence-corrected chi connectivity index (χ3v) is 2.87. The van der Waals surface area contributed by atoms with Crippen molar-refractivity contribution in [2.24, 2.45) is 0 Å². The highest BCUT2D eigenvalue weighted by Gasteiger charge is 2.07. The molecule has 0 spiro atoms. The molecule has 2 rings (SSSR count). The van der Waals surface area contributed by atoms with Gasteiger partial charge in [-0.25, -0.2) is 9.97 Å². The van der Waals surface area contributed by atoms with Crippen LogP contribution in [0.15, 0.2) is 11.4 Å². The van der Waals surface area contributed by atoms with E-state index in [4.69, 9.17) is 0 Å². The molecule has 0 radical (unpaired) electrons. The molecule has 15 heavy (non-hydrogen) atoms. The largest absolute Gasteiger partial charge is 0.372 e. The summed E-state index contributed by atoms with van der Waals surface area (Å²) in [4.78, 5) is 12.1. The molecule has 0 aliphatic rings. The average Bonchev–Trinajstić information content (AvgIpc) is 2.63. The summed E-state index contributed by atoms with van der Waals surface area (Å²) in [7, 11) is 5.92. The van der Waals surface area contributed by atoms with Gasteiger partial charge >= 0.3 is 0 Å². The molecule has 2 aromatic heterocycles. The molecule has 0 aliphatic heterocycles. The zero-order chi connectivity index (χ0) is 10.8. The Morgan fingerprint density at radius 1 is 1.40 bits per heavy atom. The maximum atomic E-state index is 4.51. The monoisotopic (exact) mass is 222 g/mol. The molecule has 0 aliphatic carbocycles. The highest BCUT2D eigenvalue weighted by molar-refractivity contribution is 7.16. The minimum absolute atomic E-state index is 0.766. The lowest BCUT2D eigenvalue weighted by Crippen LogP contribution is -2.13. The van der Waals surface area contributed by atoms with Crippen molar-refractivity contribution in [1.82, 2.24) is 14.9 Å². The Hall–Kier alpha value is -1.20. The van der Waals surface area contributed by atoms with Crippen molar-refractivity contribution in [3.63, 3.8) is 0 Å². The smallest absolute Gasteiger partial charge is 0.146 e. The van der Waals surface area contributed by atoms with E-state index in [1.165, 1.54) is 0 Å². The van der Waals surface area contributed by atoms with Gasteiger partial charge in [0.05, 0.1) is 11.9 Å². The zero-order valence-corrected chi connectivity index (χ0v) is 9.93. The van der Waals surface area contributed by atoms with Crippen LogP contribution >= 0.6 is 11.3 Å². The standard InChI is InChI=1S/C10H14N4S/c1-11-9-7-4-5-15-10(7)13-8(12-9)6-14(2)3/h4-5H,6H2,1-3H3,(H,11,12,13). The summed E-state index contributed by atoms with van der Waals surface area (Å²) in [5.74, 6) is 1.78. The van der Waals surface area contributed by atoms with Gasteiger partial charge in [-0.05, 0) is 25.5 Å². The number of nitrogens with zero attached hydrogens (tertiary/aromatic N) is 3. The zero-order valence-electron chi connectivity index (χ0n) is 9.11. The lowest BCUT2D eigenvalue weighted by Gasteiger charge is -2.09. The fourth-order valence-electron chi connectivity index (χ4n) is 1.44. The van der Waals surface area contributed by atoms with Crippen LogP contribution in [-0.2, 0) is 6.54 Å². The van der Waals surface area contributed by atoms with E-state index in [-0.39, 0.29) is 0 Å². The van der Waals surface area contributed by atoms with Crippen molar-refractivity contribution in [1.29, 1.82) is 0 Å². The lowest BCUT2D eigenvalue weighted by atomic mass is 10.3. The molecule has 0 aromatic carbocycles. The molecular formula is C10H14N4S. The van der Waals surface area contributed by atoms with Gasteiger partial charge in [0.1, 0.15) is 16.5 Å². The van der Waals surface area contributed by atoms with E-state index < -0.39 is 0 Å². The van der Waals surface area contributed by atoms with Crippen LogP contribution in [0.4, 0.5) is 5.82 Å². The number of nitrogens with one attached hydrogen (secondary N) is 1. The summed E-state index contributed by atoms with van der Waals surface area (Å²) < 4.78 is 0. The molecule has 0 saturated heterocycles. The number of rotatable bonds is 3. The normalized spacial score (nSPS) is 11.2. The molecule has 0 saturated carbocycles. The fourth-order valence-corrected chi connectivity index (χ4v) is 2.23. The number of thiophene rings is 1. The molecule has 0 fully saturated rings. The summed E-state index contributed by atoms with van der Waals surface area (Å²) in [6, 6.07) is 2.05. The van der Waals surface area contributed by atoms with E-state index in [0.717, 1.165) is 28.4 Å². The first-order chi connectivity index (χ1) is 7.20. The van der Waals surface area contributed by atoms with Crippen LogP contribution in [-0.4, -0.2) is 36.0 Å². The molecule has 0 unspecified atom stereocenters. The predicted molar refractivity (Wildman–Crippen MR) is 64.4 cm³/mol. The fraction of sp³-hybridized carbons (Fsp3) is 0.400. The maximum absolute atomic E-state index is 4.51. The SMILES string of the molecule is CNc1nc(CN(C)C)nc2sccc12. The Morgan fingerprint density at radius 3 is 2.87 bits per heavy atom. The summed E-state index contributed by atoms with van der Waals surface area (Å²) in [5, 5.41) is 6.25. The Kier molecular flexibility index (Phi) is 2.83. The average molecular weight is 222 g/mol. The molecule has 0 amide bonds. The van der Waals surface area contributed by atoms with E-state index in [1.807, 2.05) is 32.6 Å². The number of anilines is 1. The van der Waals surface area contributed by atoms with Crippen LogP contribution < -0.4 is 5.32 Å². The summed E-state index contributed by atoms with van der Waals surface area (Å²) >= 11 is 1.65. The van der Waals surface area contributed by atoms with Crippen LogP contribution in [0, 0.1) is 0 Å². The van der Waals surface area contributed by atoms with Crippen molar-refractivity contribution in [2.75, 3.05) is 26.5 Å². The molecule has 4 nitrogen and oxygen atoms in total. The topological polar surface area (TPSA) is 41.1 Å². The van der Waals surface area contributed by atoms with Gasteiger partial charge in [-0.15, -0.1) is 11.3 Å². The van der Waals surface area contributed by atoms with Gasteiger partial charge in [0.2, 0.25) is 0 Å². The van der Waals surface area contributed by atoms with Crippen molar-refractivity contribution >= 4 is 27.4 Å². The Morgan fingerprint density at radius 2 is 2.20 bits per heavy atom. The first kappa shape index (κ1) is 10.3. The second-order valence-corrected chi connectivity index (χ2v) is 4.51. The molecule has 80 valence electrons. The Balaban J connectivity index is 2.49. The molecule has 2 aromatic rings. The highest BCUT2D eigenvalue weighted by atomic mass is 32.1. The van der Waals surface area contributed by atoms with Gasteiger partial charge in [0, 0.05) is 7.05 Å². The molecule has 0 bridgehead atoms. The minimum atomic E-state index is 0.766. The predicted octanol–water partition coefficient (Wildman–Crippen LogP) is 1.79. The second kappa shape index (κ2) is 4.12. The Labute approximate surface area is 93.0 Å². The second-order valence-electron chi connectivity index (χ2n) is 3.62. The first-order valence-electron chi connectivity index (χ1n) is 4.77. The van der Waals surface area contributed by atoms with Gasteiger partial charge in [-0.3, -0.25) is 0 Å². The van der Waals surface area contributed by atoms with E-state index >= 15 is 0 Å². The van der Waals surface area contributed by atoms with Gasteiger partial charge in [-0.1, -0.05) is 0 Å². The lowest BCUT2D eigenvalue weighted by molar-refractivity contribution is 0.391. The molecule has 5 heteroatoms.